The van der Waals surface area contributed by atoms with Crippen molar-refractivity contribution >= 4 is 11.8 Å². The molecule has 2 amide bonds. The molecule has 0 saturated heterocycles. The van der Waals surface area contributed by atoms with Crippen LogP contribution >= 0.6 is 0 Å². The summed E-state index contributed by atoms with van der Waals surface area (Å²) in [6, 6.07) is 13.0. The van der Waals surface area contributed by atoms with Crippen molar-refractivity contribution in [3.05, 3.63) is 82.7 Å². The number of hydrogen-bond donors (Lipinski definition) is 2. The zero-order chi connectivity index (χ0) is 22.9. The third-order valence-corrected chi connectivity index (χ3v) is 5.49. The van der Waals surface area contributed by atoms with E-state index in [-0.39, 0.29) is 17.8 Å². The fourth-order valence-electron chi connectivity index (χ4n) is 3.95. The predicted octanol–water partition coefficient (Wildman–Crippen LogP) is 3.21. The highest BCUT2D eigenvalue weighted by Gasteiger charge is 2.32. The number of hydrogen-bond acceptors (Lipinski definition) is 3. The predicted molar refractivity (Wildman–Crippen MR) is 111 cm³/mol. The molecule has 1 heterocycles. The maximum atomic E-state index is 13.2. The summed E-state index contributed by atoms with van der Waals surface area (Å²) in [5, 5.41) is 6.97. The summed E-state index contributed by atoms with van der Waals surface area (Å²) in [4.78, 5) is 24.9. The zero-order valence-corrected chi connectivity index (χ0v) is 17.0. The van der Waals surface area contributed by atoms with Crippen LogP contribution in [-0.4, -0.2) is 27.6 Å². The standard InChI is InChI=1S/C23H21F3N4O2/c24-23(25,26)15-8-4-9-16(13-15)30-19-11-5-10-17(19)20(29-30)22(32)28-18(21(27)31)12-14-6-2-1-3-7-14/h1-4,6-9,13,18H,5,10-12H2,(H2,27,31)(H,28,32). The summed E-state index contributed by atoms with van der Waals surface area (Å²) in [5.41, 5.74) is 7.25. The molecule has 1 aliphatic rings. The Morgan fingerprint density at radius 2 is 1.84 bits per heavy atom. The molecule has 0 bridgehead atoms. The minimum atomic E-state index is -4.49. The molecule has 0 aliphatic heterocycles. The molecule has 4 rings (SSSR count). The van der Waals surface area contributed by atoms with Crippen molar-refractivity contribution in [1.29, 1.82) is 0 Å². The Morgan fingerprint density at radius 1 is 1.09 bits per heavy atom. The SMILES string of the molecule is NC(=O)C(Cc1ccccc1)NC(=O)c1nn(-c2cccc(C(F)(F)F)c2)c2c1CCC2. The van der Waals surface area contributed by atoms with Gasteiger partial charge < -0.3 is 11.1 Å². The lowest BCUT2D eigenvalue weighted by atomic mass is 10.0. The lowest BCUT2D eigenvalue weighted by molar-refractivity contribution is -0.137. The second-order valence-corrected chi connectivity index (χ2v) is 7.71. The minimum Gasteiger partial charge on any atom is -0.368 e. The van der Waals surface area contributed by atoms with E-state index in [1.165, 1.54) is 16.8 Å². The van der Waals surface area contributed by atoms with Crippen molar-refractivity contribution in [2.75, 3.05) is 0 Å². The van der Waals surface area contributed by atoms with E-state index in [0.29, 0.717) is 24.1 Å². The van der Waals surface area contributed by atoms with Gasteiger partial charge in [-0.3, -0.25) is 9.59 Å². The molecule has 1 unspecified atom stereocenters. The van der Waals surface area contributed by atoms with E-state index in [9.17, 15) is 22.8 Å². The molecule has 0 fully saturated rings. The van der Waals surface area contributed by atoms with Crippen LogP contribution in [0.5, 0.6) is 0 Å². The van der Waals surface area contributed by atoms with Gasteiger partial charge in [0.2, 0.25) is 5.91 Å². The number of nitrogens with one attached hydrogen (secondary N) is 1. The van der Waals surface area contributed by atoms with Crippen LogP contribution in [0.2, 0.25) is 0 Å². The third kappa shape index (κ3) is 4.37. The number of nitrogens with zero attached hydrogens (tertiary/aromatic N) is 2. The molecular weight excluding hydrogens is 421 g/mol. The molecule has 3 aromatic rings. The van der Waals surface area contributed by atoms with Gasteiger partial charge in [0.05, 0.1) is 11.3 Å². The average Bonchev–Trinajstić information content (AvgIpc) is 3.36. The lowest BCUT2D eigenvalue weighted by Gasteiger charge is -2.15. The quantitative estimate of drug-likeness (QED) is 0.614. The fraction of sp³-hybridized carbons (Fsp3) is 0.261. The summed E-state index contributed by atoms with van der Waals surface area (Å²) in [7, 11) is 0. The number of aromatic nitrogens is 2. The number of benzene rings is 2. The number of carbonyl (C=O) groups is 2. The van der Waals surface area contributed by atoms with Gasteiger partial charge in [0, 0.05) is 17.7 Å². The van der Waals surface area contributed by atoms with Gasteiger partial charge in [0.15, 0.2) is 5.69 Å². The normalized spacial score (nSPS) is 14.1. The number of amides is 2. The molecule has 1 aromatic heterocycles. The van der Waals surface area contributed by atoms with Crippen molar-refractivity contribution in [1.82, 2.24) is 15.1 Å². The van der Waals surface area contributed by atoms with Gasteiger partial charge in [-0.2, -0.15) is 18.3 Å². The maximum Gasteiger partial charge on any atom is 0.416 e. The Morgan fingerprint density at radius 3 is 2.53 bits per heavy atom. The molecule has 6 nitrogen and oxygen atoms in total. The molecule has 2 aromatic carbocycles. The Bertz CT molecular complexity index is 1160. The molecule has 0 saturated carbocycles. The summed E-state index contributed by atoms with van der Waals surface area (Å²) in [6.07, 6.45) is -2.33. The van der Waals surface area contributed by atoms with Crippen LogP contribution < -0.4 is 11.1 Å². The van der Waals surface area contributed by atoms with Crippen molar-refractivity contribution in [3.8, 4) is 5.69 Å². The summed E-state index contributed by atoms with van der Waals surface area (Å²) < 4.78 is 40.8. The first-order valence-electron chi connectivity index (χ1n) is 10.2. The van der Waals surface area contributed by atoms with Crippen LogP contribution in [0.15, 0.2) is 54.6 Å². The van der Waals surface area contributed by atoms with Crippen molar-refractivity contribution in [3.63, 3.8) is 0 Å². The highest BCUT2D eigenvalue weighted by Crippen LogP contribution is 2.32. The number of carbonyl (C=O) groups excluding carboxylic acids is 2. The molecule has 1 atom stereocenters. The van der Waals surface area contributed by atoms with Gasteiger partial charge in [-0.25, -0.2) is 4.68 Å². The average molecular weight is 442 g/mol. The van der Waals surface area contributed by atoms with Gasteiger partial charge >= 0.3 is 6.18 Å². The highest BCUT2D eigenvalue weighted by atomic mass is 19.4. The summed E-state index contributed by atoms with van der Waals surface area (Å²) >= 11 is 0. The Balaban J connectivity index is 1.63. The van der Waals surface area contributed by atoms with E-state index in [2.05, 4.69) is 10.4 Å². The number of fused-ring (bicyclic) bond motifs is 1. The smallest absolute Gasteiger partial charge is 0.368 e. The number of rotatable bonds is 6. The van der Waals surface area contributed by atoms with E-state index in [1.807, 2.05) is 30.3 Å². The van der Waals surface area contributed by atoms with Crippen LogP contribution in [-0.2, 0) is 30.2 Å². The topological polar surface area (TPSA) is 90.0 Å². The second-order valence-electron chi connectivity index (χ2n) is 7.71. The molecule has 1 aliphatic carbocycles. The minimum absolute atomic E-state index is 0.106. The van der Waals surface area contributed by atoms with Crippen molar-refractivity contribution < 1.29 is 22.8 Å². The van der Waals surface area contributed by atoms with E-state index in [4.69, 9.17) is 5.73 Å². The van der Waals surface area contributed by atoms with Crippen LogP contribution in [0.1, 0.15) is 39.3 Å². The summed E-state index contributed by atoms with van der Waals surface area (Å²) in [6.45, 7) is 0. The van der Waals surface area contributed by atoms with Crippen molar-refractivity contribution in [2.45, 2.75) is 37.9 Å². The van der Waals surface area contributed by atoms with Crippen LogP contribution in [0.3, 0.4) is 0 Å². The van der Waals surface area contributed by atoms with Crippen LogP contribution in [0.4, 0.5) is 13.2 Å². The zero-order valence-electron chi connectivity index (χ0n) is 17.0. The van der Waals surface area contributed by atoms with Gasteiger partial charge in [-0.05, 0) is 43.0 Å². The molecule has 0 radical (unpaired) electrons. The first-order valence-corrected chi connectivity index (χ1v) is 10.2. The molecule has 3 N–H and O–H groups in total. The number of primary amides is 1. The van der Waals surface area contributed by atoms with E-state index in [1.54, 1.807) is 0 Å². The number of alkyl halides is 3. The first-order chi connectivity index (χ1) is 15.2. The third-order valence-electron chi connectivity index (χ3n) is 5.49. The van der Waals surface area contributed by atoms with E-state index < -0.39 is 29.6 Å². The fourth-order valence-corrected chi connectivity index (χ4v) is 3.95. The van der Waals surface area contributed by atoms with Crippen LogP contribution in [0.25, 0.3) is 5.69 Å². The molecule has 9 heteroatoms. The summed E-state index contributed by atoms with van der Waals surface area (Å²) in [5.74, 6) is -1.26. The van der Waals surface area contributed by atoms with E-state index >= 15 is 0 Å². The Kier molecular flexibility index (Phi) is 5.73. The number of halogens is 3. The molecule has 0 spiro atoms. The monoisotopic (exact) mass is 442 g/mol. The van der Waals surface area contributed by atoms with Gasteiger partial charge in [0.25, 0.3) is 5.91 Å². The van der Waals surface area contributed by atoms with Crippen molar-refractivity contribution in [2.24, 2.45) is 5.73 Å². The van der Waals surface area contributed by atoms with Crippen LogP contribution in [0, 0.1) is 0 Å². The maximum absolute atomic E-state index is 13.2. The molecular formula is C23H21F3N4O2. The van der Waals surface area contributed by atoms with Gasteiger partial charge in [0.1, 0.15) is 6.04 Å². The van der Waals surface area contributed by atoms with E-state index in [0.717, 1.165) is 24.1 Å². The molecule has 32 heavy (non-hydrogen) atoms. The van der Waals surface area contributed by atoms with Gasteiger partial charge in [-0.15, -0.1) is 0 Å². The van der Waals surface area contributed by atoms with Gasteiger partial charge in [-0.1, -0.05) is 36.4 Å². The number of nitrogens with two attached hydrogens (primary N) is 1. The Hall–Kier alpha value is -3.62. The largest absolute Gasteiger partial charge is 0.416 e. The first kappa shape index (κ1) is 21.6. The Labute approximate surface area is 182 Å². The second kappa shape index (κ2) is 8.49. The lowest BCUT2D eigenvalue weighted by Crippen LogP contribution is -2.46. The highest BCUT2D eigenvalue weighted by molar-refractivity contribution is 5.97. The molecule has 166 valence electrons.